The van der Waals surface area contributed by atoms with Crippen molar-refractivity contribution >= 4 is 17.5 Å². The van der Waals surface area contributed by atoms with Gasteiger partial charge in [0.1, 0.15) is 0 Å². The number of benzene rings is 1. The van der Waals surface area contributed by atoms with E-state index in [9.17, 15) is 9.59 Å². The molecule has 1 aliphatic heterocycles. The Hall–Kier alpha value is -1.88. The second-order valence-corrected chi connectivity index (χ2v) is 3.95. The highest BCUT2D eigenvalue weighted by Gasteiger charge is 2.24. The normalized spacial score (nSPS) is 13.8. The van der Waals surface area contributed by atoms with Crippen LogP contribution in [0.4, 0.5) is 5.69 Å². The third-order valence-corrected chi connectivity index (χ3v) is 2.82. The van der Waals surface area contributed by atoms with Gasteiger partial charge in [0, 0.05) is 24.8 Å². The van der Waals surface area contributed by atoms with Crippen molar-refractivity contribution in [3.8, 4) is 0 Å². The highest BCUT2D eigenvalue weighted by Crippen LogP contribution is 2.28. The fourth-order valence-corrected chi connectivity index (χ4v) is 1.88. The van der Waals surface area contributed by atoms with Crippen molar-refractivity contribution in [2.24, 2.45) is 0 Å². The van der Waals surface area contributed by atoms with Crippen LogP contribution >= 0.6 is 0 Å². The fourth-order valence-electron chi connectivity index (χ4n) is 1.88. The molecule has 5 heteroatoms. The van der Waals surface area contributed by atoms with E-state index in [2.05, 4.69) is 5.32 Å². The van der Waals surface area contributed by atoms with Crippen molar-refractivity contribution < 1.29 is 14.7 Å². The Labute approximate surface area is 99.0 Å². The molecule has 0 radical (unpaired) electrons. The van der Waals surface area contributed by atoms with Gasteiger partial charge in [-0.3, -0.25) is 9.59 Å². The molecule has 2 amide bonds. The van der Waals surface area contributed by atoms with Crippen molar-refractivity contribution in [2.45, 2.75) is 6.42 Å². The van der Waals surface area contributed by atoms with Crippen molar-refractivity contribution in [2.75, 3.05) is 25.1 Å². The summed E-state index contributed by atoms with van der Waals surface area (Å²) in [5.41, 5.74) is 2.24. The van der Waals surface area contributed by atoms with Gasteiger partial charge in [0.15, 0.2) is 0 Å². The number of fused-ring (bicyclic) bond motifs is 1. The lowest BCUT2D eigenvalue weighted by molar-refractivity contribution is -0.117. The van der Waals surface area contributed by atoms with Gasteiger partial charge in [0.2, 0.25) is 5.91 Å². The maximum Gasteiger partial charge on any atom is 0.251 e. The minimum Gasteiger partial charge on any atom is -0.395 e. The maximum atomic E-state index is 11.6. The van der Waals surface area contributed by atoms with Crippen molar-refractivity contribution in [3.05, 3.63) is 29.3 Å². The molecule has 0 saturated heterocycles. The van der Waals surface area contributed by atoms with E-state index in [-0.39, 0.29) is 25.0 Å². The van der Waals surface area contributed by atoms with Crippen LogP contribution in [0.1, 0.15) is 15.9 Å². The molecule has 1 aromatic carbocycles. The van der Waals surface area contributed by atoms with Crippen LogP contribution in [-0.4, -0.2) is 37.1 Å². The smallest absolute Gasteiger partial charge is 0.251 e. The van der Waals surface area contributed by atoms with Gasteiger partial charge >= 0.3 is 0 Å². The first-order valence-corrected chi connectivity index (χ1v) is 5.42. The van der Waals surface area contributed by atoms with Crippen LogP contribution in [0.25, 0.3) is 0 Å². The molecule has 2 N–H and O–H groups in total. The van der Waals surface area contributed by atoms with Gasteiger partial charge in [-0.1, -0.05) is 0 Å². The number of nitrogens with one attached hydrogen (secondary N) is 1. The standard InChI is InChI=1S/C12H14N2O3/c1-14-10-3-2-8(12(17)13-4-5-15)6-9(10)7-11(14)16/h2-3,6,15H,4-5,7H2,1H3,(H,13,17). The number of hydrogen-bond donors (Lipinski definition) is 2. The molecular weight excluding hydrogens is 220 g/mol. The first-order valence-electron chi connectivity index (χ1n) is 5.42. The molecule has 0 aliphatic carbocycles. The summed E-state index contributed by atoms with van der Waals surface area (Å²) >= 11 is 0. The number of aliphatic hydroxyl groups excluding tert-OH is 1. The topological polar surface area (TPSA) is 69.6 Å². The van der Waals surface area contributed by atoms with Crippen molar-refractivity contribution in [3.63, 3.8) is 0 Å². The second-order valence-electron chi connectivity index (χ2n) is 3.95. The quantitative estimate of drug-likeness (QED) is 0.769. The average Bonchev–Trinajstić information content (AvgIpc) is 2.61. The summed E-state index contributed by atoms with van der Waals surface area (Å²) in [6.07, 6.45) is 0.340. The third-order valence-electron chi connectivity index (χ3n) is 2.82. The van der Waals surface area contributed by atoms with E-state index in [1.165, 1.54) is 0 Å². The molecule has 0 atom stereocenters. The largest absolute Gasteiger partial charge is 0.395 e. The Balaban J connectivity index is 2.21. The van der Waals surface area contributed by atoms with Gasteiger partial charge in [-0.25, -0.2) is 0 Å². The monoisotopic (exact) mass is 234 g/mol. The number of carbonyl (C=O) groups excluding carboxylic acids is 2. The third kappa shape index (κ3) is 2.14. The SMILES string of the molecule is CN1C(=O)Cc2cc(C(=O)NCCO)ccc21. The number of nitrogens with zero attached hydrogens (tertiary/aromatic N) is 1. The molecule has 0 fully saturated rings. The van der Waals surface area contributed by atoms with Crippen LogP contribution in [0, 0.1) is 0 Å². The summed E-state index contributed by atoms with van der Waals surface area (Å²) in [7, 11) is 1.72. The first kappa shape index (κ1) is 11.6. The minimum atomic E-state index is -0.233. The number of amides is 2. The van der Waals surface area contributed by atoms with Crippen LogP contribution in [0.3, 0.4) is 0 Å². The van der Waals surface area contributed by atoms with Gasteiger partial charge in [0.25, 0.3) is 5.91 Å². The summed E-state index contributed by atoms with van der Waals surface area (Å²) in [4.78, 5) is 24.7. The molecule has 2 rings (SSSR count). The Morgan fingerprint density at radius 2 is 2.29 bits per heavy atom. The molecule has 0 bridgehead atoms. The van der Waals surface area contributed by atoms with Crippen LogP contribution < -0.4 is 10.2 Å². The van der Waals surface area contributed by atoms with Crippen LogP contribution in [0.5, 0.6) is 0 Å². The number of hydrogen-bond acceptors (Lipinski definition) is 3. The van der Waals surface area contributed by atoms with Crippen LogP contribution in [-0.2, 0) is 11.2 Å². The first-order chi connectivity index (χ1) is 8.13. The molecular formula is C12H14N2O3. The molecule has 1 aliphatic rings. The molecule has 0 spiro atoms. The van der Waals surface area contributed by atoms with Crippen LogP contribution in [0.2, 0.25) is 0 Å². The Morgan fingerprint density at radius 1 is 1.53 bits per heavy atom. The second kappa shape index (κ2) is 4.55. The summed E-state index contributed by atoms with van der Waals surface area (Å²) in [5, 5.41) is 11.2. The molecule has 1 heterocycles. The number of rotatable bonds is 3. The van der Waals surface area contributed by atoms with E-state index < -0.39 is 0 Å². The zero-order valence-electron chi connectivity index (χ0n) is 9.56. The Morgan fingerprint density at radius 3 is 3.00 bits per heavy atom. The molecule has 17 heavy (non-hydrogen) atoms. The predicted molar refractivity (Wildman–Crippen MR) is 63.0 cm³/mol. The molecule has 0 aromatic heterocycles. The summed E-state index contributed by atoms with van der Waals surface area (Å²) < 4.78 is 0. The highest BCUT2D eigenvalue weighted by atomic mass is 16.3. The zero-order valence-corrected chi connectivity index (χ0v) is 9.56. The molecule has 1 aromatic rings. The van der Waals surface area contributed by atoms with Crippen molar-refractivity contribution in [1.82, 2.24) is 5.32 Å². The van der Waals surface area contributed by atoms with E-state index in [0.717, 1.165) is 11.3 Å². The predicted octanol–water partition coefficient (Wildman–Crippen LogP) is -0.0724. The van der Waals surface area contributed by atoms with Crippen LogP contribution in [0.15, 0.2) is 18.2 Å². The van der Waals surface area contributed by atoms with Gasteiger partial charge in [-0.05, 0) is 23.8 Å². The van der Waals surface area contributed by atoms with E-state index in [1.54, 1.807) is 30.1 Å². The van der Waals surface area contributed by atoms with Gasteiger partial charge in [-0.15, -0.1) is 0 Å². The lowest BCUT2D eigenvalue weighted by Gasteiger charge is -2.10. The van der Waals surface area contributed by atoms with Gasteiger partial charge < -0.3 is 15.3 Å². The van der Waals surface area contributed by atoms with Gasteiger partial charge in [0.05, 0.1) is 13.0 Å². The van der Waals surface area contributed by atoms with Crippen molar-refractivity contribution in [1.29, 1.82) is 0 Å². The van der Waals surface area contributed by atoms with Gasteiger partial charge in [-0.2, -0.15) is 0 Å². The molecule has 0 unspecified atom stereocenters. The van der Waals surface area contributed by atoms with E-state index >= 15 is 0 Å². The lowest BCUT2D eigenvalue weighted by atomic mass is 10.1. The maximum absolute atomic E-state index is 11.6. The lowest BCUT2D eigenvalue weighted by Crippen LogP contribution is -2.26. The number of anilines is 1. The highest BCUT2D eigenvalue weighted by molar-refractivity contribution is 6.03. The summed E-state index contributed by atoms with van der Waals surface area (Å²) in [6, 6.07) is 5.18. The number of likely N-dealkylation sites (N-methyl/N-ethyl adjacent to an activating group) is 1. The molecule has 5 nitrogen and oxygen atoms in total. The number of aliphatic hydroxyl groups is 1. The Kier molecular flexibility index (Phi) is 3.10. The summed E-state index contributed by atoms with van der Waals surface area (Å²) in [6.45, 7) is 0.145. The van der Waals surface area contributed by atoms with E-state index in [4.69, 9.17) is 5.11 Å². The van der Waals surface area contributed by atoms with E-state index in [0.29, 0.717) is 12.0 Å². The minimum absolute atomic E-state index is 0.0351. The summed E-state index contributed by atoms with van der Waals surface area (Å²) in [5.74, 6) is -0.197. The number of carbonyl (C=O) groups is 2. The zero-order chi connectivity index (χ0) is 12.4. The molecule has 0 saturated carbocycles. The fraction of sp³-hybridized carbons (Fsp3) is 0.333. The van der Waals surface area contributed by atoms with E-state index in [1.807, 2.05) is 0 Å². The Bertz CT molecular complexity index is 471. The molecule has 90 valence electrons. The average molecular weight is 234 g/mol.